The maximum atomic E-state index is 13.1. The van der Waals surface area contributed by atoms with Gasteiger partial charge in [-0.05, 0) is 12.5 Å². The molecule has 0 radical (unpaired) electrons. The highest BCUT2D eigenvalue weighted by atomic mass is 32.2. The molecule has 3 heterocycles. The summed E-state index contributed by atoms with van der Waals surface area (Å²) in [5.74, 6) is -0.0589. The summed E-state index contributed by atoms with van der Waals surface area (Å²) in [6.07, 6.45) is 0.769. The number of benzene rings is 1. The molecule has 4 rings (SSSR count). The van der Waals surface area contributed by atoms with E-state index in [9.17, 15) is 9.59 Å². The Bertz CT molecular complexity index is 1100. The highest BCUT2D eigenvalue weighted by molar-refractivity contribution is 8.00. The van der Waals surface area contributed by atoms with Crippen molar-refractivity contribution in [2.75, 3.05) is 11.1 Å². The van der Waals surface area contributed by atoms with E-state index in [0.29, 0.717) is 22.1 Å². The SMILES string of the molecule is Cc1nnc(NC(=O)CSc2nc3c(c(=O)n2Cc2ccccc2)SC(C)C3)s1. The summed E-state index contributed by atoms with van der Waals surface area (Å²) >= 11 is 4.17. The van der Waals surface area contributed by atoms with Crippen molar-refractivity contribution in [3.63, 3.8) is 0 Å². The molecule has 0 spiro atoms. The van der Waals surface area contributed by atoms with Gasteiger partial charge in [0.25, 0.3) is 5.56 Å². The van der Waals surface area contributed by atoms with E-state index in [4.69, 9.17) is 4.98 Å². The Morgan fingerprint density at radius 2 is 2.10 bits per heavy atom. The van der Waals surface area contributed by atoms with Crippen LogP contribution >= 0.6 is 34.9 Å². The zero-order valence-electron chi connectivity index (χ0n) is 15.9. The quantitative estimate of drug-likeness (QED) is 0.460. The van der Waals surface area contributed by atoms with Crippen LogP contribution in [0.5, 0.6) is 0 Å². The molecule has 150 valence electrons. The number of carbonyl (C=O) groups excluding carboxylic acids is 1. The summed E-state index contributed by atoms with van der Waals surface area (Å²) in [6.45, 7) is 4.35. The predicted octanol–water partition coefficient (Wildman–Crippen LogP) is 3.22. The molecule has 0 saturated heterocycles. The summed E-state index contributed by atoms with van der Waals surface area (Å²) in [5, 5.41) is 12.7. The molecule has 29 heavy (non-hydrogen) atoms. The van der Waals surface area contributed by atoms with Crippen molar-refractivity contribution in [2.45, 2.75) is 42.1 Å². The number of aromatic nitrogens is 4. The lowest BCUT2D eigenvalue weighted by atomic mass is 10.2. The Morgan fingerprint density at radius 3 is 2.83 bits per heavy atom. The molecule has 10 heteroatoms. The van der Waals surface area contributed by atoms with Gasteiger partial charge >= 0.3 is 0 Å². The van der Waals surface area contributed by atoms with Gasteiger partial charge < -0.3 is 0 Å². The molecular formula is C19H19N5O2S3. The second-order valence-corrected chi connectivity index (χ2v) is 10.2. The number of thioether (sulfide) groups is 2. The fraction of sp³-hybridized carbons (Fsp3) is 0.316. The first-order chi connectivity index (χ1) is 14.0. The van der Waals surface area contributed by atoms with Crippen molar-refractivity contribution in [1.82, 2.24) is 19.7 Å². The lowest BCUT2D eigenvalue weighted by molar-refractivity contribution is -0.113. The minimum atomic E-state index is -0.199. The first-order valence-corrected chi connectivity index (χ1v) is 11.7. The number of fused-ring (bicyclic) bond motifs is 1. The van der Waals surface area contributed by atoms with Gasteiger partial charge in [-0.2, -0.15) is 0 Å². The van der Waals surface area contributed by atoms with Crippen LogP contribution in [0.3, 0.4) is 0 Å². The van der Waals surface area contributed by atoms with Crippen LogP contribution in [-0.4, -0.2) is 36.7 Å². The molecule has 1 aliphatic heterocycles. The number of hydrogen-bond acceptors (Lipinski definition) is 8. The van der Waals surface area contributed by atoms with Gasteiger partial charge in [0.05, 0.1) is 22.9 Å². The van der Waals surface area contributed by atoms with E-state index >= 15 is 0 Å². The maximum absolute atomic E-state index is 13.1. The number of rotatable bonds is 6. The molecule has 1 unspecified atom stereocenters. The third-order valence-corrected chi connectivity index (χ3v) is 7.20. The third kappa shape index (κ3) is 4.71. The second kappa shape index (κ2) is 8.68. The Morgan fingerprint density at radius 1 is 1.31 bits per heavy atom. The van der Waals surface area contributed by atoms with Crippen LogP contribution in [0.2, 0.25) is 0 Å². The minimum Gasteiger partial charge on any atom is -0.300 e. The average molecular weight is 446 g/mol. The number of hydrogen-bond donors (Lipinski definition) is 1. The molecule has 1 aromatic carbocycles. The Labute approximate surface area is 180 Å². The predicted molar refractivity (Wildman–Crippen MR) is 117 cm³/mol. The fourth-order valence-electron chi connectivity index (χ4n) is 2.98. The Hall–Kier alpha value is -2.17. The molecule has 1 amide bonds. The number of nitrogens with zero attached hydrogens (tertiary/aromatic N) is 4. The standard InChI is InChI=1S/C19H19N5O2S3/c1-11-8-14-16(28-11)17(26)24(9-13-6-4-3-5-7-13)19(20-14)27-10-15(25)21-18-23-22-12(2)29-18/h3-7,11H,8-10H2,1-2H3,(H,21,23,25). The number of carbonyl (C=O) groups is 1. The Kier molecular flexibility index (Phi) is 6.02. The van der Waals surface area contributed by atoms with E-state index in [1.165, 1.54) is 23.1 Å². The van der Waals surface area contributed by atoms with Crippen molar-refractivity contribution in [1.29, 1.82) is 0 Å². The van der Waals surface area contributed by atoms with Gasteiger partial charge in [0.1, 0.15) is 5.01 Å². The summed E-state index contributed by atoms with van der Waals surface area (Å²) < 4.78 is 1.67. The average Bonchev–Trinajstić information content (AvgIpc) is 3.28. The molecular weight excluding hydrogens is 426 g/mol. The Balaban J connectivity index is 1.57. The minimum absolute atomic E-state index is 0.0316. The fourth-order valence-corrected chi connectivity index (χ4v) is 5.52. The first-order valence-electron chi connectivity index (χ1n) is 9.06. The number of anilines is 1. The number of nitrogens with one attached hydrogen (secondary N) is 1. The maximum Gasteiger partial charge on any atom is 0.268 e. The van der Waals surface area contributed by atoms with Crippen molar-refractivity contribution >= 4 is 45.9 Å². The summed E-state index contributed by atoms with van der Waals surface area (Å²) in [4.78, 5) is 30.9. The highest BCUT2D eigenvalue weighted by Crippen LogP contribution is 2.34. The van der Waals surface area contributed by atoms with Crippen molar-refractivity contribution < 1.29 is 4.79 Å². The molecule has 0 saturated carbocycles. The van der Waals surface area contributed by atoms with E-state index in [2.05, 4.69) is 22.4 Å². The van der Waals surface area contributed by atoms with E-state index in [0.717, 1.165) is 27.6 Å². The summed E-state index contributed by atoms with van der Waals surface area (Å²) in [6, 6.07) is 9.80. The van der Waals surface area contributed by atoms with E-state index in [1.54, 1.807) is 16.3 Å². The van der Waals surface area contributed by atoms with E-state index in [-0.39, 0.29) is 17.2 Å². The van der Waals surface area contributed by atoms with Gasteiger partial charge in [-0.3, -0.25) is 19.5 Å². The largest absolute Gasteiger partial charge is 0.300 e. The molecule has 0 bridgehead atoms. The molecule has 0 aliphatic carbocycles. The highest BCUT2D eigenvalue weighted by Gasteiger charge is 2.26. The monoisotopic (exact) mass is 445 g/mol. The van der Waals surface area contributed by atoms with Crippen LogP contribution in [-0.2, 0) is 17.8 Å². The molecule has 1 N–H and O–H groups in total. The topological polar surface area (TPSA) is 89.8 Å². The smallest absolute Gasteiger partial charge is 0.268 e. The lowest BCUT2D eigenvalue weighted by Crippen LogP contribution is -2.26. The van der Waals surface area contributed by atoms with Crippen LogP contribution in [0, 0.1) is 6.92 Å². The van der Waals surface area contributed by atoms with Gasteiger partial charge in [0, 0.05) is 11.7 Å². The molecule has 2 aromatic heterocycles. The van der Waals surface area contributed by atoms with Gasteiger partial charge in [-0.25, -0.2) is 4.98 Å². The van der Waals surface area contributed by atoms with Crippen molar-refractivity contribution in [3.05, 3.63) is 57.0 Å². The van der Waals surface area contributed by atoms with Gasteiger partial charge in [0.15, 0.2) is 5.16 Å². The van der Waals surface area contributed by atoms with Crippen molar-refractivity contribution in [2.24, 2.45) is 0 Å². The van der Waals surface area contributed by atoms with Crippen LogP contribution in [0.15, 0.2) is 45.2 Å². The first kappa shape index (κ1) is 20.1. The number of aryl methyl sites for hydroxylation is 1. The lowest BCUT2D eigenvalue weighted by Gasteiger charge is -2.13. The molecule has 1 atom stereocenters. The van der Waals surface area contributed by atoms with Gasteiger partial charge in [-0.15, -0.1) is 22.0 Å². The molecule has 1 aliphatic rings. The van der Waals surface area contributed by atoms with Crippen LogP contribution in [0.1, 0.15) is 23.2 Å². The van der Waals surface area contributed by atoms with Gasteiger partial charge in [0.2, 0.25) is 11.0 Å². The third-order valence-electron chi connectivity index (χ3n) is 4.25. The zero-order chi connectivity index (χ0) is 20.4. The zero-order valence-corrected chi connectivity index (χ0v) is 18.4. The molecule has 7 nitrogen and oxygen atoms in total. The van der Waals surface area contributed by atoms with Gasteiger partial charge in [-0.1, -0.05) is 60.4 Å². The van der Waals surface area contributed by atoms with Crippen LogP contribution < -0.4 is 10.9 Å². The normalized spacial score (nSPS) is 15.3. The number of amides is 1. The van der Waals surface area contributed by atoms with E-state index in [1.807, 2.05) is 37.3 Å². The van der Waals surface area contributed by atoms with Crippen LogP contribution in [0.25, 0.3) is 0 Å². The molecule has 3 aromatic rings. The van der Waals surface area contributed by atoms with E-state index < -0.39 is 0 Å². The summed E-state index contributed by atoms with van der Waals surface area (Å²) in [7, 11) is 0. The summed E-state index contributed by atoms with van der Waals surface area (Å²) in [5.41, 5.74) is 1.82. The van der Waals surface area contributed by atoms with Crippen molar-refractivity contribution in [3.8, 4) is 0 Å². The second-order valence-electron chi connectivity index (χ2n) is 6.64. The van der Waals surface area contributed by atoms with Crippen LogP contribution in [0.4, 0.5) is 5.13 Å². The molecule has 0 fully saturated rings.